The third kappa shape index (κ3) is 1.52. The van der Waals surface area contributed by atoms with Gasteiger partial charge in [0, 0.05) is 16.8 Å². The molecular weight excluding hydrogens is 130 g/mol. The zero-order valence-corrected chi connectivity index (χ0v) is 6.59. The second kappa shape index (κ2) is 2.97. The second-order valence-corrected chi connectivity index (χ2v) is 2.97. The molecule has 0 atom stereocenters. The fraction of sp³-hybridized carbons (Fsp3) is 0.429. The van der Waals surface area contributed by atoms with Gasteiger partial charge >= 0.3 is 0 Å². The lowest BCUT2D eigenvalue weighted by atomic mass is 10.3. The summed E-state index contributed by atoms with van der Waals surface area (Å²) in [5.74, 6) is 0. The van der Waals surface area contributed by atoms with Gasteiger partial charge in [-0.05, 0) is 18.8 Å². The fourth-order valence-electron chi connectivity index (χ4n) is 0.793. The standard InChI is InChI=1S/C7H11NS/c1-3-7-6(2)8-4-5-9-7/h4-5,8H,3H2,1-2H3. The number of nitrogens with one attached hydrogen (secondary N) is 1. The third-order valence-corrected chi connectivity index (χ3v) is 2.47. The monoisotopic (exact) mass is 141 g/mol. The van der Waals surface area contributed by atoms with E-state index in [4.69, 9.17) is 0 Å². The summed E-state index contributed by atoms with van der Waals surface area (Å²) >= 11 is 1.81. The van der Waals surface area contributed by atoms with E-state index in [1.165, 1.54) is 10.6 Å². The van der Waals surface area contributed by atoms with Gasteiger partial charge in [0.2, 0.25) is 0 Å². The quantitative estimate of drug-likeness (QED) is 0.602. The molecule has 0 bridgehead atoms. The Morgan fingerprint density at radius 1 is 1.67 bits per heavy atom. The van der Waals surface area contributed by atoms with Crippen molar-refractivity contribution in [2.24, 2.45) is 0 Å². The van der Waals surface area contributed by atoms with E-state index in [0.717, 1.165) is 6.42 Å². The largest absolute Gasteiger partial charge is 0.364 e. The summed E-state index contributed by atoms with van der Waals surface area (Å²) in [5, 5.41) is 5.24. The molecule has 1 heterocycles. The zero-order valence-electron chi connectivity index (χ0n) is 5.77. The van der Waals surface area contributed by atoms with E-state index < -0.39 is 0 Å². The smallest absolute Gasteiger partial charge is 0.0215 e. The average Bonchev–Trinajstić information content (AvgIpc) is 1.89. The Morgan fingerprint density at radius 3 is 2.89 bits per heavy atom. The summed E-state index contributed by atoms with van der Waals surface area (Å²) in [7, 11) is 0. The van der Waals surface area contributed by atoms with Crippen LogP contribution in [0.1, 0.15) is 20.3 Å². The molecule has 0 aliphatic carbocycles. The normalized spacial score (nSPS) is 18.0. The van der Waals surface area contributed by atoms with Crippen molar-refractivity contribution in [3.63, 3.8) is 0 Å². The second-order valence-electron chi connectivity index (χ2n) is 1.97. The Labute approximate surface area is 60.2 Å². The maximum atomic E-state index is 3.16. The molecule has 0 fully saturated rings. The van der Waals surface area contributed by atoms with Crippen LogP contribution in [0.3, 0.4) is 0 Å². The molecule has 1 rings (SSSR count). The minimum absolute atomic E-state index is 1.13. The Kier molecular flexibility index (Phi) is 2.22. The predicted molar refractivity (Wildman–Crippen MR) is 42.9 cm³/mol. The SMILES string of the molecule is CCC1=C(C)NC=CS1. The van der Waals surface area contributed by atoms with Gasteiger partial charge in [0.25, 0.3) is 0 Å². The molecule has 0 amide bonds. The maximum Gasteiger partial charge on any atom is 0.0215 e. The molecule has 1 aliphatic heterocycles. The van der Waals surface area contributed by atoms with Crippen LogP contribution in [0.25, 0.3) is 0 Å². The lowest BCUT2D eigenvalue weighted by Crippen LogP contribution is -2.05. The van der Waals surface area contributed by atoms with Gasteiger partial charge in [-0.2, -0.15) is 0 Å². The number of hydrogen-bond donors (Lipinski definition) is 1. The summed E-state index contributed by atoms with van der Waals surface area (Å²) in [4.78, 5) is 1.44. The average molecular weight is 141 g/mol. The molecule has 50 valence electrons. The molecule has 2 heteroatoms. The molecule has 9 heavy (non-hydrogen) atoms. The fourth-order valence-corrected chi connectivity index (χ4v) is 1.50. The zero-order chi connectivity index (χ0) is 6.69. The first kappa shape index (κ1) is 6.75. The molecule has 0 saturated heterocycles. The van der Waals surface area contributed by atoms with E-state index in [0.29, 0.717) is 0 Å². The third-order valence-electron chi connectivity index (χ3n) is 1.32. The predicted octanol–water partition coefficient (Wildman–Crippen LogP) is 2.44. The van der Waals surface area contributed by atoms with Crippen LogP contribution in [-0.2, 0) is 0 Å². The molecule has 1 N–H and O–H groups in total. The number of thioether (sulfide) groups is 1. The molecule has 1 aliphatic rings. The van der Waals surface area contributed by atoms with E-state index in [2.05, 4.69) is 24.6 Å². The van der Waals surface area contributed by atoms with Crippen molar-refractivity contribution in [2.45, 2.75) is 20.3 Å². The van der Waals surface area contributed by atoms with Crippen LogP contribution in [0.15, 0.2) is 22.2 Å². The first-order valence-electron chi connectivity index (χ1n) is 3.12. The van der Waals surface area contributed by atoms with E-state index in [1.807, 2.05) is 18.0 Å². The van der Waals surface area contributed by atoms with Crippen molar-refractivity contribution in [1.82, 2.24) is 5.32 Å². The summed E-state index contributed by atoms with van der Waals surface area (Å²) in [6.07, 6.45) is 3.10. The van der Waals surface area contributed by atoms with Gasteiger partial charge in [-0.25, -0.2) is 0 Å². The molecular formula is C7H11NS. The molecule has 0 aromatic rings. The van der Waals surface area contributed by atoms with E-state index in [9.17, 15) is 0 Å². The van der Waals surface area contributed by atoms with Crippen LogP contribution < -0.4 is 5.32 Å². The van der Waals surface area contributed by atoms with Gasteiger partial charge in [0.15, 0.2) is 0 Å². The van der Waals surface area contributed by atoms with Gasteiger partial charge in [-0.1, -0.05) is 18.7 Å². The number of hydrogen-bond acceptors (Lipinski definition) is 2. The van der Waals surface area contributed by atoms with E-state index >= 15 is 0 Å². The first-order chi connectivity index (χ1) is 4.34. The van der Waals surface area contributed by atoms with Crippen LogP contribution in [0.2, 0.25) is 0 Å². The van der Waals surface area contributed by atoms with Crippen molar-refractivity contribution in [3.05, 3.63) is 22.2 Å². The Morgan fingerprint density at radius 2 is 2.44 bits per heavy atom. The van der Waals surface area contributed by atoms with Gasteiger partial charge in [-0.3, -0.25) is 0 Å². The molecule has 0 saturated carbocycles. The molecule has 1 nitrogen and oxygen atoms in total. The van der Waals surface area contributed by atoms with Crippen LogP contribution >= 0.6 is 11.8 Å². The van der Waals surface area contributed by atoms with Crippen LogP contribution in [0.4, 0.5) is 0 Å². The molecule has 0 spiro atoms. The highest BCUT2D eigenvalue weighted by atomic mass is 32.2. The molecule has 0 unspecified atom stereocenters. The summed E-state index contributed by atoms with van der Waals surface area (Å²) in [6, 6.07) is 0. The summed E-state index contributed by atoms with van der Waals surface area (Å²) in [6.45, 7) is 4.28. The van der Waals surface area contributed by atoms with Crippen molar-refractivity contribution < 1.29 is 0 Å². The summed E-state index contributed by atoms with van der Waals surface area (Å²) < 4.78 is 0. The highest BCUT2D eigenvalue weighted by Crippen LogP contribution is 2.25. The molecule has 0 aromatic carbocycles. The van der Waals surface area contributed by atoms with Crippen LogP contribution in [-0.4, -0.2) is 0 Å². The van der Waals surface area contributed by atoms with Crippen LogP contribution in [0.5, 0.6) is 0 Å². The van der Waals surface area contributed by atoms with Crippen molar-refractivity contribution in [3.8, 4) is 0 Å². The van der Waals surface area contributed by atoms with Gasteiger partial charge < -0.3 is 5.32 Å². The number of rotatable bonds is 1. The topological polar surface area (TPSA) is 12.0 Å². The first-order valence-corrected chi connectivity index (χ1v) is 4.00. The highest BCUT2D eigenvalue weighted by molar-refractivity contribution is 8.05. The van der Waals surface area contributed by atoms with Crippen molar-refractivity contribution in [1.29, 1.82) is 0 Å². The summed E-state index contributed by atoms with van der Waals surface area (Å²) in [5.41, 5.74) is 1.30. The van der Waals surface area contributed by atoms with Crippen LogP contribution in [0, 0.1) is 0 Å². The van der Waals surface area contributed by atoms with Gasteiger partial charge in [0.05, 0.1) is 0 Å². The van der Waals surface area contributed by atoms with Gasteiger partial charge in [0.1, 0.15) is 0 Å². The lowest BCUT2D eigenvalue weighted by molar-refractivity contribution is 1.01. The Bertz CT molecular complexity index is 158. The Balaban J connectivity index is 2.64. The molecule has 0 aromatic heterocycles. The highest BCUT2D eigenvalue weighted by Gasteiger charge is 2.00. The van der Waals surface area contributed by atoms with E-state index in [1.54, 1.807) is 0 Å². The maximum absolute atomic E-state index is 3.16. The lowest BCUT2D eigenvalue weighted by Gasteiger charge is -2.11. The molecule has 0 radical (unpaired) electrons. The minimum atomic E-state index is 1.13. The Hall–Kier alpha value is -0.370. The minimum Gasteiger partial charge on any atom is -0.364 e. The number of allylic oxidation sites excluding steroid dienone is 2. The van der Waals surface area contributed by atoms with Crippen molar-refractivity contribution in [2.75, 3.05) is 0 Å². The van der Waals surface area contributed by atoms with Crippen molar-refractivity contribution >= 4 is 11.8 Å². The van der Waals surface area contributed by atoms with Gasteiger partial charge in [-0.15, -0.1) is 0 Å². The van der Waals surface area contributed by atoms with E-state index in [-0.39, 0.29) is 0 Å².